The number of hydrogen-bond acceptors (Lipinski definition) is 4. The van der Waals surface area contributed by atoms with Crippen LogP contribution in [0.4, 0.5) is 15.8 Å². The molecule has 0 unspecified atom stereocenters. The predicted octanol–water partition coefficient (Wildman–Crippen LogP) is 3.06. The normalized spacial score (nSPS) is 18.7. The molecule has 134 valence electrons. The minimum Gasteiger partial charge on any atom is -0.379 e. The van der Waals surface area contributed by atoms with E-state index in [2.05, 4.69) is 27.7 Å². The van der Waals surface area contributed by atoms with Gasteiger partial charge in [0.1, 0.15) is 5.82 Å². The number of morpholine rings is 1. The molecule has 26 heavy (non-hydrogen) atoms. The molecule has 0 radical (unpaired) electrons. The summed E-state index contributed by atoms with van der Waals surface area (Å²) in [5.74, 6) is -0.601. The Balaban J connectivity index is 1.43. The van der Waals surface area contributed by atoms with Crippen molar-refractivity contribution in [2.45, 2.75) is 6.54 Å². The van der Waals surface area contributed by atoms with E-state index in [9.17, 15) is 9.18 Å². The van der Waals surface area contributed by atoms with Gasteiger partial charge in [-0.25, -0.2) is 4.39 Å². The van der Waals surface area contributed by atoms with Crippen molar-refractivity contribution in [3.8, 4) is 0 Å². The van der Waals surface area contributed by atoms with Crippen molar-refractivity contribution in [1.29, 1.82) is 0 Å². The Morgan fingerprint density at radius 1 is 1.15 bits per heavy atom. The van der Waals surface area contributed by atoms with E-state index in [1.807, 2.05) is 12.1 Å². The number of nitrogens with zero attached hydrogens (tertiary/aromatic N) is 1. The van der Waals surface area contributed by atoms with E-state index in [0.29, 0.717) is 16.8 Å². The molecular formula is C20H20FN3O2. The number of ether oxygens (including phenoxy) is 1. The molecule has 0 spiro atoms. The maximum atomic E-state index is 13.3. The molecule has 1 saturated heterocycles. The van der Waals surface area contributed by atoms with Gasteiger partial charge in [0.15, 0.2) is 0 Å². The summed E-state index contributed by atoms with van der Waals surface area (Å²) in [6.45, 7) is 4.41. The van der Waals surface area contributed by atoms with E-state index < -0.39 is 0 Å². The van der Waals surface area contributed by atoms with Crippen molar-refractivity contribution < 1.29 is 13.9 Å². The summed E-state index contributed by atoms with van der Waals surface area (Å²) in [4.78, 5) is 14.4. The zero-order valence-electron chi connectivity index (χ0n) is 14.3. The Kier molecular flexibility index (Phi) is 4.69. The quantitative estimate of drug-likeness (QED) is 0.830. The highest BCUT2D eigenvalue weighted by Crippen LogP contribution is 2.32. The van der Waals surface area contributed by atoms with Gasteiger partial charge >= 0.3 is 0 Å². The van der Waals surface area contributed by atoms with Crippen LogP contribution in [0, 0.1) is 5.82 Å². The third kappa shape index (κ3) is 3.61. The number of anilines is 2. The lowest BCUT2D eigenvalue weighted by Crippen LogP contribution is -2.35. The average molecular weight is 353 g/mol. The van der Waals surface area contributed by atoms with Crippen LogP contribution in [0.25, 0.3) is 5.57 Å². The maximum Gasteiger partial charge on any atom is 0.257 e. The summed E-state index contributed by atoms with van der Waals surface area (Å²) in [6, 6.07) is 12.4. The van der Waals surface area contributed by atoms with Crippen LogP contribution in [0.3, 0.4) is 0 Å². The molecule has 0 saturated carbocycles. The van der Waals surface area contributed by atoms with Gasteiger partial charge in [-0.3, -0.25) is 9.69 Å². The first-order chi connectivity index (χ1) is 12.7. The third-order valence-corrected chi connectivity index (χ3v) is 4.61. The number of nitrogens with one attached hydrogen (secondary N) is 2. The van der Waals surface area contributed by atoms with E-state index >= 15 is 0 Å². The largest absolute Gasteiger partial charge is 0.379 e. The van der Waals surface area contributed by atoms with Crippen LogP contribution >= 0.6 is 0 Å². The summed E-state index contributed by atoms with van der Waals surface area (Å²) < 4.78 is 18.6. The monoisotopic (exact) mass is 353 g/mol. The second-order valence-electron chi connectivity index (χ2n) is 6.43. The Hall–Kier alpha value is -2.70. The summed E-state index contributed by atoms with van der Waals surface area (Å²) in [5.41, 5.74) is 3.84. The molecule has 0 bridgehead atoms. The fourth-order valence-electron chi connectivity index (χ4n) is 3.19. The average Bonchev–Trinajstić information content (AvgIpc) is 2.96. The molecule has 0 aliphatic carbocycles. The summed E-state index contributed by atoms with van der Waals surface area (Å²) in [6.07, 6.45) is 1.66. The van der Waals surface area contributed by atoms with Crippen molar-refractivity contribution >= 4 is 22.9 Å². The van der Waals surface area contributed by atoms with E-state index in [1.165, 1.54) is 17.7 Å². The number of rotatable bonds is 4. The molecule has 5 nitrogen and oxygen atoms in total. The van der Waals surface area contributed by atoms with Gasteiger partial charge in [0, 0.05) is 37.1 Å². The highest BCUT2D eigenvalue weighted by atomic mass is 19.1. The highest BCUT2D eigenvalue weighted by molar-refractivity contribution is 6.31. The second-order valence-corrected chi connectivity index (χ2v) is 6.43. The molecule has 2 aromatic carbocycles. The zero-order valence-corrected chi connectivity index (χ0v) is 14.3. The van der Waals surface area contributed by atoms with Crippen LogP contribution in [0.15, 0.2) is 48.7 Å². The molecular weight excluding hydrogens is 333 g/mol. The lowest BCUT2D eigenvalue weighted by Gasteiger charge is -2.26. The van der Waals surface area contributed by atoms with Crippen LogP contribution in [-0.4, -0.2) is 37.1 Å². The lowest BCUT2D eigenvalue weighted by molar-refractivity contribution is -0.110. The van der Waals surface area contributed by atoms with Crippen LogP contribution in [0.2, 0.25) is 0 Å². The van der Waals surface area contributed by atoms with E-state index in [4.69, 9.17) is 4.74 Å². The van der Waals surface area contributed by atoms with Crippen LogP contribution in [0.5, 0.6) is 0 Å². The maximum absolute atomic E-state index is 13.3. The lowest BCUT2D eigenvalue weighted by atomic mass is 10.1. The number of halogens is 1. The fourth-order valence-corrected chi connectivity index (χ4v) is 3.19. The number of amides is 1. The standard InChI is InChI=1S/C20H20FN3O2/c21-15-3-6-17-18(20(25)23-19(17)11-15)12-22-16-4-1-14(2-5-16)13-24-7-9-26-10-8-24/h1-6,11-12,22H,7-10,13H2,(H,23,25). The Morgan fingerprint density at radius 2 is 1.92 bits per heavy atom. The van der Waals surface area contributed by atoms with Gasteiger partial charge in [0.25, 0.3) is 5.91 Å². The molecule has 2 N–H and O–H groups in total. The number of hydrogen-bond donors (Lipinski definition) is 2. The van der Waals surface area contributed by atoms with Crippen LogP contribution < -0.4 is 10.6 Å². The van der Waals surface area contributed by atoms with Gasteiger partial charge < -0.3 is 15.4 Å². The van der Waals surface area contributed by atoms with Crippen LogP contribution in [-0.2, 0) is 16.1 Å². The minimum absolute atomic E-state index is 0.234. The summed E-state index contributed by atoms with van der Waals surface area (Å²) in [7, 11) is 0. The van der Waals surface area contributed by atoms with E-state index in [0.717, 1.165) is 38.5 Å². The first-order valence-corrected chi connectivity index (χ1v) is 8.66. The molecule has 1 amide bonds. The van der Waals surface area contributed by atoms with Crippen molar-refractivity contribution in [2.24, 2.45) is 0 Å². The van der Waals surface area contributed by atoms with Gasteiger partial charge in [0.2, 0.25) is 0 Å². The van der Waals surface area contributed by atoms with Gasteiger partial charge in [-0.1, -0.05) is 12.1 Å². The fraction of sp³-hybridized carbons (Fsp3) is 0.250. The van der Waals surface area contributed by atoms with Crippen molar-refractivity contribution in [2.75, 3.05) is 36.9 Å². The van der Waals surface area contributed by atoms with E-state index in [1.54, 1.807) is 12.3 Å². The molecule has 4 rings (SSSR count). The molecule has 2 aliphatic heterocycles. The Morgan fingerprint density at radius 3 is 2.69 bits per heavy atom. The number of carbonyl (C=O) groups is 1. The first-order valence-electron chi connectivity index (χ1n) is 8.66. The molecule has 2 aromatic rings. The molecule has 0 aromatic heterocycles. The van der Waals surface area contributed by atoms with Gasteiger partial charge in [-0.2, -0.15) is 0 Å². The van der Waals surface area contributed by atoms with Crippen LogP contribution in [0.1, 0.15) is 11.1 Å². The highest BCUT2D eigenvalue weighted by Gasteiger charge is 2.24. The van der Waals surface area contributed by atoms with Gasteiger partial charge in [0.05, 0.1) is 24.5 Å². The van der Waals surface area contributed by atoms with Crippen molar-refractivity contribution in [3.05, 3.63) is 65.6 Å². The molecule has 0 atom stereocenters. The smallest absolute Gasteiger partial charge is 0.257 e. The first kappa shape index (κ1) is 16.8. The topological polar surface area (TPSA) is 53.6 Å². The summed E-state index contributed by atoms with van der Waals surface area (Å²) in [5, 5.41) is 5.83. The predicted molar refractivity (Wildman–Crippen MR) is 99.2 cm³/mol. The molecule has 2 heterocycles. The third-order valence-electron chi connectivity index (χ3n) is 4.61. The minimum atomic E-state index is -0.367. The second kappa shape index (κ2) is 7.27. The zero-order chi connectivity index (χ0) is 17.9. The van der Waals surface area contributed by atoms with E-state index in [-0.39, 0.29) is 11.7 Å². The van der Waals surface area contributed by atoms with Gasteiger partial charge in [-0.15, -0.1) is 0 Å². The molecule has 1 fully saturated rings. The summed E-state index contributed by atoms with van der Waals surface area (Å²) >= 11 is 0. The molecule has 6 heteroatoms. The number of benzene rings is 2. The van der Waals surface area contributed by atoms with Gasteiger partial charge in [-0.05, 0) is 35.9 Å². The Bertz CT molecular complexity index is 843. The van der Waals surface area contributed by atoms with Crippen molar-refractivity contribution in [3.63, 3.8) is 0 Å². The Labute approximate surface area is 151 Å². The van der Waals surface area contributed by atoms with Crippen molar-refractivity contribution in [1.82, 2.24) is 4.90 Å². The number of carbonyl (C=O) groups excluding carboxylic acids is 1. The number of fused-ring (bicyclic) bond motifs is 1. The SMILES string of the molecule is O=C1Nc2cc(F)ccc2C1=CNc1ccc(CN2CCOCC2)cc1. The molecule has 2 aliphatic rings.